The zero-order valence-corrected chi connectivity index (χ0v) is 8.16. The van der Waals surface area contributed by atoms with Crippen molar-refractivity contribution in [2.45, 2.75) is 6.04 Å². The molecular formula is C11H14N2O. The molecule has 0 spiro atoms. The molecule has 0 aliphatic carbocycles. The highest BCUT2D eigenvalue weighted by molar-refractivity contribution is 5.79. The highest BCUT2D eigenvalue weighted by atomic mass is 16.5. The monoisotopic (exact) mass is 190 g/mol. The number of fused-ring (bicyclic) bond motifs is 1. The maximum Gasteiger partial charge on any atom is 0.0655 e. The number of ether oxygens (including phenoxy) is 1. The standard InChI is InChI=1S/C11H14N2O/c1-14-7-10(12)9-3-2-8-4-5-13-11(8)6-9/h2-6,10,13H,7,12H2,1H3. The van der Waals surface area contributed by atoms with Gasteiger partial charge in [0.2, 0.25) is 0 Å². The normalized spacial score (nSPS) is 13.3. The number of rotatable bonds is 3. The number of nitrogens with one attached hydrogen (secondary N) is 1. The van der Waals surface area contributed by atoms with Crippen molar-refractivity contribution in [1.29, 1.82) is 0 Å². The van der Waals surface area contributed by atoms with Gasteiger partial charge in [-0.2, -0.15) is 0 Å². The van der Waals surface area contributed by atoms with Crippen molar-refractivity contribution in [2.75, 3.05) is 13.7 Å². The van der Waals surface area contributed by atoms with Gasteiger partial charge in [-0.25, -0.2) is 0 Å². The average Bonchev–Trinajstić information content (AvgIpc) is 2.64. The van der Waals surface area contributed by atoms with Gasteiger partial charge in [-0.15, -0.1) is 0 Å². The fourth-order valence-electron chi connectivity index (χ4n) is 1.57. The summed E-state index contributed by atoms with van der Waals surface area (Å²) >= 11 is 0. The Balaban J connectivity index is 2.33. The van der Waals surface area contributed by atoms with E-state index < -0.39 is 0 Å². The Morgan fingerprint density at radius 2 is 2.29 bits per heavy atom. The summed E-state index contributed by atoms with van der Waals surface area (Å²) in [5, 5.41) is 1.21. The maximum atomic E-state index is 5.93. The Hall–Kier alpha value is -1.32. The van der Waals surface area contributed by atoms with Gasteiger partial charge in [0.15, 0.2) is 0 Å². The molecule has 2 aromatic rings. The quantitative estimate of drug-likeness (QED) is 0.775. The third kappa shape index (κ3) is 1.64. The first-order chi connectivity index (χ1) is 6.81. The summed E-state index contributed by atoms with van der Waals surface area (Å²) in [6.45, 7) is 0.548. The van der Waals surface area contributed by atoms with E-state index in [1.807, 2.05) is 18.3 Å². The van der Waals surface area contributed by atoms with Crippen LogP contribution >= 0.6 is 0 Å². The number of benzene rings is 1. The van der Waals surface area contributed by atoms with E-state index in [2.05, 4.69) is 17.1 Å². The number of H-pyrrole nitrogens is 1. The second-order valence-electron chi connectivity index (χ2n) is 3.39. The Labute approximate surface area is 82.9 Å². The number of methoxy groups -OCH3 is 1. The van der Waals surface area contributed by atoms with E-state index >= 15 is 0 Å². The molecule has 1 unspecified atom stereocenters. The minimum atomic E-state index is -0.0484. The minimum Gasteiger partial charge on any atom is -0.383 e. The predicted octanol–water partition coefficient (Wildman–Crippen LogP) is 1.81. The van der Waals surface area contributed by atoms with Gasteiger partial charge in [-0.3, -0.25) is 0 Å². The fourth-order valence-corrected chi connectivity index (χ4v) is 1.57. The van der Waals surface area contributed by atoms with Gasteiger partial charge in [0.25, 0.3) is 0 Å². The molecule has 0 saturated carbocycles. The molecule has 0 aliphatic rings. The second kappa shape index (κ2) is 3.82. The van der Waals surface area contributed by atoms with E-state index in [4.69, 9.17) is 10.5 Å². The number of hydrogen-bond acceptors (Lipinski definition) is 2. The molecule has 0 amide bonds. The van der Waals surface area contributed by atoms with Gasteiger partial charge in [-0.05, 0) is 23.1 Å². The zero-order chi connectivity index (χ0) is 9.97. The van der Waals surface area contributed by atoms with Gasteiger partial charge >= 0.3 is 0 Å². The van der Waals surface area contributed by atoms with Crippen molar-refractivity contribution in [3.63, 3.8) is 0 Å². The van der Waals surface area contributed by atoms with Crippen LogP contribution < -0.4 is 5.73 Å². The first-order valence-electron chi connectivity index (χ1n) is 4.63. The highest BCUT2D eigenvalue weighted by Gasteiger charge is 2.05. The summed E-state index contributed by atoms with van der Waals surface area (Å²) in [6.07, 6.45) is 1.93. The number of hydrogen-bond donors (Lipinski definition) is 2. The van der Waals surface area contributed by atoms with E-state index in [-0.39, 0.29) is 6.04 Å². The third-order valence-corrected chi connectivity index (χ3v) is 2.35. The lowest BCUT2D eigenvalue weighted by Gasteiger charge is -2.10. The summed E-state index contributed by atoms with van der Waals surface area (Å²) in [5.74, 6) is 0. The summed E-state index contributed by atoms with van der Waals surface area (Å²) in [5.41, 5.74) is 8.14. The van der Waals surface area contributed by atoms with Crippen molar-refractivity contribution in [2.24, 2.45) is 5.73 Å². The molecule has 14 heavy (non-hydrogen) atoms. The molecule has 1 aromatic heterocycles. The lowest BCUT2D eigenvalue weighted by Crippen LogP contribution is -2.15. The molecule has 0 saturated heterocycles. The molecule has 1 aromatic carbocycles. The van der Waals surface area contributed by atoms with Gasteiger partial charge in [0.1, 0.15) is 0 Å². The van der Waals surface area contributed by atoms with E-state index in [1.54, 1.807) is 7.11 Å². The first-order valence-corrected chi connectivity index (χ1v) is 4.63. The van der Waals surface area contributed by atoms with Gasteiger partial charge in [-0.1, -0.05) is 12.1 Å². The Morgan fingerprint density at radius 1 is 1.43 bits per heavy atom. The molecule has 3 heteroatoms. The van der Waals surface area contributed by atoms with Crippen LogP contribution in [0.25, 0.3) is 10.9 Å². The van der Waals surface area contributed by atoms with Crippen LogP contribution in [0.5, 0.6) is 0 Å². The molecule has 0 aliphatic heterocycles. The summed E-state index contributed by atoms with van der Waals surface area (Å²) < 4.78 is 5.02. The van der Waals surface area contributed by atoms with Gasteiger partial charge < -0.3 is 15.5 Å². The predicted molar refractivity (Wildman–Crippen MR) is 57.1 cm³/mol. The number of aromatic nitrogens is 1. The minimum absolute atomic E-state index is 0.0484. The number of nitrogens with two attached hydrogens (primary N) is 1. The van der Waals surface area contributed by atoms with Crippen molar-refractivity contribution >= 4 is 10.9 Å². The lowest BCUT2D eigenvalue weighted by molar-refractivity contribution is 0.181. The summed E-state index contributed by atoms with van der Waals surface area (Å²) in [7, 11) is 1.66. The zero-order valence-electron chi connectivity index (χ0n) is 8.16. The SMILES string of the molecule is COCC(N)c1ccc2cc[nH]c2c1. The van der Waals surface area contributed by atoms with Crippen LogP contribution in [0.3, 0.4) is 0 Å². The van der Waals surface area contributed by atoms with Crippen molar-refractivity contribution in [3.05, 3.63) is 36.0 Å². The molecule has 3 nitrogen and oxygen atoms in total. The Morgan fingerprint density at radius 3 is 3.07 bits per heavy atom. The van der Waals surface area contributed by atoms with E-state index in [1.165, 1.54) is 5.39 Å². The molecule has 0 fully saturated rings. The van der Waals surface area contributed by atoms with E-state index in [0.717, 1.165) is 11.1 Å². The Kier molecular flexibility index (Phi) is 2.52. The average molecular weight is 190 g/mol. The number of aromatic amines is 1. The molecule has 74 valence electrons. The van der Waals surface area contributed by atoms with E-state index in [0.29, 0.717) is 6.61 Å². The smallest absolute Gasteiger partial charge is 0.0655 e. The molecule has 0 bridgehead atoms. The van der Waals surface area contributed by atoms with Gasteiger partial charge in [0, 0.05) is 18.8 Å². The van der Waals surface area contributed by atoms with Crippen molar-refractivity contribution in [1.82, 2.24) is 4.98 Å². The van der Waals surface area contributed by atoms with E-state index in [9.17, 15) is 0 Å². The second-order valence-corrected chi connectivity index (χ2v) is 3.39. The first kappa shape index (κ1) is 9.24. The maximum absolute atomic E-state index is 5.93. The molecule has 1 atom stereocenters. The lowest BCUT2D eigenvalue weighted by atomic mass is 10.1. The van der Waals surface area contributed by atoms with Crippen LogP contribution in [-0.2, 0) is 4.74 Å². The van der Waals surface area contributed by atoms with Crippen LogP contribution in [0, 0.1) is 0 Å². The van der Waals surface area contributed by atoms with Crippen molar-refractivity contribution < 1.29 is 4.74 Å². The van der Waals surface area contributed by atoms with Crippen molar-refractivity contribution in [3.8, 4) is 0 Å². The Bertz CT molecular complexity index is 422. The third-order valence-electron chi connectivity index (χ3n) is 2.35. The largest absolute Gasteiger partial charge is 0.383 e. The molecule has 3 N–H and O–H groups in total. The molecule has 2 rings (SSSR count). The summed E-state index contributed by atoms with van der Waals surface area (Å²) in [4.78, 5) is 3.16. The van der Waals surface area contributed by atoms with Crippen LogP contribution in [0.15, 0.2) is 30.5 Å². The van der Waals surface area contributed by atoms with Gasteiger partial charge in [0.05, 0.1) is 12.6 Å². The van der Waals surface area contributed by atoms with Crippen LogP contribution in [0.2, 0.25) is 0 Å². The molecule has 0 radical (unpaired) electrons. The van der Waals surface area contributed by atoms with Crippen LogP contribution in [-0.4, -0.2) is 18.7 Å². The topological polar surface area (TPSA) is 51.0 Å². The fraction of sp³-hybridized carbons (Fsp3) is 0.273. The van der Waals surface area contributed by atoms with Crippen LogP contribution in [0.4, 0.5) is 0 Å². The summed E-state index contributed by atoms with van der Waals surface area (Å²) in [6, 6.07) is 8.17. The molecule has 1 heterocycles. The van der Waals surface area contributed by atoms with Crippen LogP contribution in [0.1, 0.15) is 11.6 Å². The highest BCUT2D eigenvalue weighted by Crippen LogP contribution is 2.18. The molecular weight excluding hydrogens is 176 g/mol.